The number of rotatable bonds is 6. The van der Waals surface area contributed by atoms with E-state index in [0.717, 1.165) is 5.92 Å². The van der Waals surface area contributed by atoms with Gasteiger partial charge in [-0.15, -0.1) is 0 Å². The topological polar surface area (TPSA) is 3.24 Å². The number of nitrogens with zero attached hydrogens (tertiary/aromatic N) is 1. The lowest BCUT2D eigenvalue weighted by Crippen LogP contribution is -2.34. The third kappa shape index (κ3) is 4.45. The molecule has 0 spiro atoms. The zero-order chi connectivity index (χ0) is 10.2. The highest BCUT2D eigenvalue weighted by Gasteiger charge is 2.17. The lowest BCUT2D eigenvalue weighted by molar-refractivity contribution is 0.176. The van der Waals surface area contributed by atoms with Crippen molar-refractivity contribution in [3.8, 4) is 0 Å². The van der Waals surface area contributed by atoms with Crippen LogP contribution in [0.25, 0.3) is 0 Å². The molecule has 0 saturated carbocycles. The van der Waals surface area contributed by atoms with E-state index < -0.39 is 0 Å². The maximum Gasteiger partial charge on any atom is -0.00161 e. The molecule has 0 aromatic heterocycles. The van der Waals surface area contributed by atoms with Crippen LogP contribution in [-0.2, 0) is 0 Å². The van der Waals surface area contributed by atoms with Crippen LogP contribution in [0.3, 0.4) is 0 Å². The molecule has 1 aliphatic heterocycles. The fraction of sp³-hybridized carbons (Fsp3) is 1.00. The Morgan fingerprint density at radius 2 is 1.71 bits per heavy atom. The van der Waals surface area contributed by atoms with Crippen molar-refractivity contribution in [1.29, 1.82) is 0 Å². The first-order valence-corrected chi connectivity index (χ1v) is 6.59. The zero-order valence-electron chi connectivity index (χ0n) is 10.1. The summed E-state index contributed by atoms with van der Waals surface area (Å²) in [6.07, 6.45) is 9.93. The summed E-state index contributed by atoms with van der Waals surface area (Å²) in [6, 6.07) is 0. The molecule has 0 N–H and O–H groups in total. The Labute approximate surface area is 89.9 Å². The van der Waals surface area contributed by atoms with Gasteiger partial charge in [0, 0.05) is 0 Å². The summed E-state index contributed by atoms with van der Waals surface area (Å²) in [5, 5.41) is 0. The standard InChI is InChI=1S/C13H27N/c1-3-5-6-10-14-11-8-13(7-4-2)9-12-14/h13H,3-12H2,1-2H3. The molecule has 0 aliphatic carbocycles. The molecular formula is C13H27N. The maximum atomic E-state index is 2.67. The van der Waals surface area contributed by atoms with Crippen LogP contribution in [0.4, 0.5) is 0 Å². The molecule has 0 bridgehead atoms. The predicted octanol–water partition coefficient (Wildman–Crippen LogP) is 3.69. The zero-order valence-corrected chi connectivity index (χ0v) is 10.1. The number of likely N-dealkylation sites (tertiary alicyclic amines) is 1. The molecule has 1 saturated heterocycles. The second-order valence-corrected chi connectivity index (χ2v) is 4.78. The van der Waals surface area contributed by atoms with Crippen LogP contribution in [0.5, 0.6) is 0 Å². The van der Waals surface area contributed by atoms with Gasteiger partial charge in [-0.05, 0) is 44.8 Å². The van der Waals surface area contributed by atoms with Crippen LogP contribution in [0.2, 0.25) is 0 Å². The average molecular weight is 197 g/mol. The van der Waals surface area contributed by atoms with Crippen molar-refractivity contribution in [3.63, 3.8) is 0 Å². The summed E-state index contributed by atoms with van der Waals surface area (Å²) in [4.78, 5) is 2.67. The molecule has 84 valence electrons. The van der Waals surface area contributed by atoms with Crippen molar-refractivity contribution < 1.29 is 0 Å². The Kier molecular flexibility index (Phi) is 6.25. The van der Waals surface area contributed by atoms with Crippen molar-refractivity contribution in [1.82, 2.24) is 4.90 Å². The van der Waals surface area contributed by atoms with E-state index in [1.54, 1.807) is 0 Å². The molecule has 1 heteroatoms. The van der Waals surface area contributed by atoms with Crippen molar-refractivity contribution in [2.75, 3.05) is 19.6 Å². The maximum absolute atomic E-state index is 2.67. The fourth-order valence-corrected chi connectivity index (χ4v) is 2.49. The Morgan fingerprint density at radius 1 is 1.00 bits per heavy atom. The first-order chi connectivity index (χ1) is 6.86. The SMILES string of the molecule is CCCCCN1CCC(CCC)CC1. The van der Waals surface area contributed by atoms with Crippen LogP contribution in [0.15, 0.2) is 0 Å². The van der Waals surface area contributed by atoms with Gasteiger partial charge in [0.2, 0.25) is 0 Å². The highest BCUT2D eigenvalue weighted by Crippen LogP contribution is 2.21. The molecule has 0 aromatic rings. The van der Waals surface area contributed by atoms with Gasteiger partial charge in [0.05, 0.1) is 0 Å². The van der Waals surface area contributed by atoms with Crippen LogP contribution in [0, 0.1) is 5.92 Å². The number of hydrogen-bond acceptors (Lipinski definition) is 1. The van der Waals surface area contributed by atoms with Gasteiger partial charge in [0.15, 0.2) is 0 Å². The summed E-state index contributed by atoms with van der Waals surface area (Å²) >= 11 is 0. The van der Waals surface area contributed by atoms with Crippen molar-refractivity contribution in [2.45, 2.75) is 58.8 Å². The fourth-order valence-electron chi connectivity index (χ4n) is 2.49. The Morgan fingerprint density at radius 3 is 2.29 bits per heavy atom. The van der Waals surface area contributed by atoms with E-state index >= 15 is 0 Å². The molecule has 1 heterocycles. The molecule has 1 rings (SSSR count). The minimum absolute atomic E-state index is 1.04. The molecule has 1 fully saturated rings. The van der Waals surface area contributed by atoms with Crippen LogP contribution >= 0.6 is 0 Å². The second-order valence-electron chi connectivity index (χ2n) is 4.78. The lowest BCUT2D eigenvalue weighted by atomic mass is 9.92. The molecule has 1 aliphatic rings. The molecule has 0 unspecified atom stereocenters. The molecule has 0 aromatic carbocycles. The highest BCUT2D eigenvalue weighted by molar-refractivity contribution is 4.71. The smallest absolute Gasteiger partial charge is 0.00161 e. The van der Waals surface area contributed by atoms with Crippen LogP contribution in [0.1, 0.15) is 58.8 Å². The third-order valence-electron chi connectivity index (χ3n) is 3.48. The summed E-state index contributed by atoms with van der Waals surface area (Å²) in [5.74, 6) is 1.04. The summed E-state index contributed by atoms with van der Waals surface area (Å²) < 4.78 is 0. The predicted molar refractivity (Wildman–Crippen MR) is 63.6 cm³/mol. The highest BCUT2D eigenvalue weighted by atomic mass is 15.1. The molecule has 0 radical (unpaired) electrons. The van der Waals surface area contributed by atoms with E-state index in [4.69, 9.17) is 0 Å². The summed E-state index contributed by atoms with van der Waals surface area (Å²) in [5.41, 5.74) is 0. The van der Waals surface area contributed by atoms with E-state index in [0.29, 0.717) is 0 Å². The van der Waals surface area contributed by atoms with Gasteiger partial charge in [0.1, 0.15) is 0 Å². The quantitative estimate of drug-likeness (QED) is 0.587. The van der Waals surface area contributed by atoms with E-state index in [1.165, 1.54) is 64.6 Å². The van der Waals surface area contributed by atoms with E-state index in [1.807, 2.05) is 0 Å². The number of unbranched alkanes of at least 4 members (excludes halogenated alkanes) is 2. The monoisotopic (exact) mass is 197 g/mol. The van der Waals surface area contributed by atoms with E-state index in [-0.39, 0.29) is 0 Å². The number of piperidine rings is 1. The van der Waals surface area contributed by atoms with Gasteiger partial charge in [-0.25, -0.2) is 0 Å². The van der Waals surface area contributed by atoms with Crippen molar-refractivity contribution >= 4 is 0 Å². The molecule has 0 amide bonds. The first kappa shape index (κ1) is 12.0. The average Bonchev–Trinajstić information content (AvgIpc) is 2.21. The Bertz CT molecular complexity index is 125. The van der Waals surface area contributed by atoms with Gasteiger partial charge in [0.25, 0.3) is 0 Å². The second kappa shape index (κ2) is 7.28. The molecule has 1 nitrogen and oxygen atoms in total. The summed E-state index contributed by atoms with van der Waals surface area (Å²) in [6.45, 7) is 8.69. The van der Waals surface area contributed by atoms with Gasteiger partial charge < -0.3 is 4.90 Å². The van der Waals surface area contributed by atoms with Crippen LogP contribution in [-0.4, -0.2) is 24.5 Å². The third-order valence-corrected chi connectivity index (χ3v) is 3.48. The van der Waals surface area contributed by atoms with Gasteiger partial charge >= 0.3 is 0 Å². The number of hydrogen-bond donors (Lipinski definition) is 0. The Hall–Kier alpha value is -0.0400. The van der Waals surface area contributed by atoms with Crippen LogP contribution < -0.4 is 0 Å². The summed E-state index contributed by atoms with van der Waals surface area (Å²) in [7, 11) is 0. The van der Waals surface area contributed by atoms with Gasteiger partial charge in [-0.1, -0.05) is 39.5 Å². The van der Waals surface area contributed by atoms with E-state index in [9.17, 15) is 0 Å². The molecular weight excluding hydrogens is 170 g/mol. The van der Waals surface area contributed by atoms with E-state index in [2.05, 4.69) is 18.7 Å². The van der Waals surface area contributed by atoms with Crippen molar-refractivity contribution in [2.24, 2.45) is 5.92 Å². The van der Waals surface area contributed by atoms with Crippen molar-refractivity contribution in [3.05, 3.63) is 0 Å². The first-order valence-electron chi connectivity index (χ1n) is 6.59. The van der Waals surface area contributed by atoms with Gasteiger partial charge in [-0.2, -0.15) is 0 Å². The molecule has 14 heavy (non-hydrogen) atoms. The Balaban J connectivity index is 2.03. The molecule has 0 atom stereocenters. The minimum atomic E-state index is 1.04. The minimum Gasteiger partial charge on any atom is -0.303 e. The lowest BCUT2D eigenvalue weighted by Gasteiger charge is -2.31. The van der Waals surface area contributed by atoms with Gasteiger partial charge in [-0.3, -0.25) is 0 Å². The largest absolute Gasteiger partial charge is 0.303 e. The normalized spacial score (nSPS) is 20.1.